The molecule has 1 aromatic rings. The smallest absolute Gasteiger partial charge is 0.228 e. The Morgan fingerprint density at radius 3 is 2.91 bits per heavy atom. The van der Waals surface area contributed by atoms with Crippen LogP contribution in [0.3, 0.4) is 0 Å². The van der Waals surface area contributed by atoms with Gasteiger partial charge in [-0.3, -0.25) is 4.79 Å². The van der Waals surface area contributed by atoms with E-state index in [4.69, 9.17) is 4.74 Å². The second-order valence-corrected chi connectivity index (χ2v) is 7.69. The van der Waals surface area contributed by atoms with E-state index in [1.165, 1.54) is 0 Å². The summed E-state index contributed by atoms with van der Waals surface area (Å²) < 4.78 is 6.56. The van der Waals surface area contributed by atoms with Crippen LogP contribution in [0, 0.1) is 17.8 Å². The molecule has 1 fully saturated rings. The lowest BCUT2D eigenvalue weighted by Crippen LogP contribution is -2.50. The molecule has 5 heteroatoms. The molecule has 0 aliphatic heterocycles. The Morgan fingerprint density at radius 2 is 2.27 bits per heavy atom. The zero-order valence-electron chi connectivity index (χ0n) is 12.9. The molecular formula is C17H21BrN2O2. The minimum atomic E-state index is -0.431. The number of nitrogens with one attached hydrogen (secondary N) is 1. The topological polar surface area (TPSA) is 51.2 Å². The average molecular weight is 365 g/mol. The van der Waals surface area contributed by atoms with Crippen molar-refractivity contribution >= 4 is 21.8 Å². The van der Waals surface area contributed by atoms with Gasteiger partial charge in [0.1, 0.15) is 6.61 Å². The summed E-state index contributed by atoms with van der Waals surface area (Å²) in [7, 11) is 0. The Morgan fingerprint density at radius 1 is 1.45 bits per heavy atom. The fourth-order valence-corrected chi connectivity index (χ4v) is 3.64. The van der Waals surface area contributed by atoms with Crippen molar-refractivity contribution < 1.29 is 9.53 Å². The maximum Gasteiger partial charge on any atom is 0.228 e. The van der Waals surface area contributed by atoms with Crippen molar-refractivity contribution in [2.24, 2.45) is 17.8 Å². The van der Waals surface area contributed by atoms with Gasteiger partial charge in [-0.05, 0) is 66.6 Å². The van der Waals surface area contributed by atoms with E-state index in [1.54, 1.807) is 6.20 Å². The number of amides is 1. The van der Waals surface area contributed by atoms with Crippen molar-refractivity contribution in [1.82, 2.24) is 10.3 Å². The number of nitrogens with zero attached hydrogens (tertiary/aromatic N) is 1. The second-order valence-electron chi connectivity index (χ2n) is 6.84. The lowest BCUT2D eigenvalue weighted by atomic mass is 9.91. The largest absolute Gasteiger partial charge is 0.474 e. The molecule has 4 nitrogen and oxygen atoms in total. The number of allylic oxidation sites excluding steroid dienone is 2. The van der Waals surface area contributed by atoms with Crippen molar-refractivity contribution in [1.29, 1.82) is 0 Å². The van der Waals surface area contributed by atoms with Crippen LogP contribution in [0.1, 0.15) is 26.7 Å². The molecule has 2 aliphatic rings. The number of pyridine rings is 1. The minimum absolute atomic E-state index is 0.121. The summed E-state index contributed by atoms with van der Waals surface area (Å²) in [5, 5.41) is 3.13. The first-order valence-electron chi connectivity index (χ1n) is 7.68. The van der Waals surface area contributed by atoms with E-state index in [9.17, 15) is 4.79 Å². The SMILES string of the molecule is CC(C)(COc1ncccc1Br)NC(=O)C1CC2C=CC1C2. The molecule has 1 amide bonds. The van der Waals surface area contributed by atoms with Gasteiger partial charge in [0.2, 0.25) is 11.8 Å². The lowest BCUT2D eigenvalue weighted by molar-refractivity contribution is -0.127. The van der Waals surface area contributed by atoms with E-state index in [0.717, 1.165) is 17.3 Å². The maximum atomic E-state index is 12.5. The molecule has 0 aromatic carbocycles. The predicted molar refractivity (Wildman–Crippen MR) is 88.5 cm³/mol. The number of aromatic nitrogens is 1. The van der Waals surface area contributed by atoms with Gasteiger partial charge in [0.05, 0.1) is 10.0 Å². The van der Waals surface area contributed by atoms with E-state index in [2.05, 4.69) is 38.4 Å². The standard InChI is InChI=1S/C17H21BrN2O2/c1-17(2,10-22-16-14(18)4-3-7-19-16)20-15(21)13-9-11-5-6-12(13)8-11/h3-7,11-13H,8-10H2,1-2H3,(H,20,21). The first-order chi connectivity index (χ1) is 10.4. The fraction of sp³-hybridized carbons (Fsp3) is 0.529. The van der Waals surface area contributed by atoms with Crippen LogP contribution in [0.25, 0.3) is 0 Å². The molecule has 22 heavy (non-hydrogen) atoms. The summed E-state index contributed by atoms with van der Waals surface area (Å²) in [5.74, 6) is 1.84. The zero-order valence-corrected chi connectivity index (χ0v) is 14.5. The molecule has 1 saturated carbocycles. The summed E-state index contributed by atoms with van der Waals surface area (Å²) in [6, 6.07) is 3.72. The van der Waals surface area contributed by atoms with E-state index in [-0.39, 0.29) is 11.8 Å². The number of ether oxygens (including phenoxy) is 1. The third-order valence-electron chi connectivity index (χ3n) is 4.37. The zero-order chi connectivity index (χ0) is 15.7. The third-order valence-corrected chi connectivity index (χ3v) is 4.98. The quantitative estimate of drug-likeness (QED) is 0.815. The normalized spacial score (nSPS) is 26.2. The van der Waals surface area contributed by atoms with Gasteiger partial charge in [0, 0.05) is 12.1 Å². The Labute approximate surface area is 139 Å². The number of hydrogen-bond donors (Lipinski definition) is 1. The summed E-state index contributed by atoms with van der Waals surface area (Å²) in [6.07, 6.45) is 8.26. The van der Waals surface area contributed by atoms with Gasteiger partial charge in [-0.2, -0.15) is 0 Å². The maximum absolute atomic E-state index is 12.5. The summed E-state index contributed by atoms with van der Waals surface area (Å²) in [4.78, 5) is 16.7. The number of carbonyl (C=O) groups is 1. The van der Waals surface area contributed by atoms with Gasteiger partial charge in [-0.1, -0.05) is 12.2 Å². The first-order valence-corrected chi connectivity index (χ1v) is 8.47. The predicted octanol–water partition coefficient (Wildman–Crippen LogP) is 3.33. The first kappa shape index (κ1) is 15.5. The van der Waals surface area contributed by atoms with Crippen molar-refractivity contribution in [2.45, 2.75) is 32.2 Å². The van der Waals surface area contributed by atoms with Gasteiger partial charge < -0.3 is 10.1 Å². The van der Waals surface area contributed by atoms with Crippen LogP contribution < -0.4 is 10.1 Å². The molecule has 1 heterocycles. The van der Waals surface area contributed by atoms with Crippen LogP contribution in [-0.2, 0) is 4.79 Å². The van der Waals surface area contributed by atoms with Crippen LogP contribution in [-0.4, -0.2) is 23.0 Å². The van der Waals surface area contributed by atoms with Gasteiger partial charge >= 0.3 is 0 Å². The Bertz CT molecular complexity index is 600. The summed E-state index contributed by atoms with van der Waals surface area (Å²) >= 11 is 3.41. The average Bonchev–Trinajstić information content (AvgIpc) is 3.08. The molecule has 3 unspecified atom stereocenters. The number of rotatable bonds is 5. The van der Waals surface area contributed by atoms with Gasteiger partial charge in [-0.15, -0.1) is 0 Å². The van der Waals surface area contributed by atoms with E-state index < -0.39 is 5.54 Å². The van der Waals surface area contributed by atoms with E-state index >= 15 is 0 Å². The fourth-order valence-electron chi connectivity index (χ4n) is 3.27. The minimum Gasteiger partial charge on any atom is -0.474 e. The lowest BCUT2D eigenvalue weighted by Gasteiger charge is -2.29. The molecule has 0 saturated heterocycles. The highest BCUT2D eigenvalue weighted by Gasteiger charge is 2.41. The van der Waals surface area contributed by atoms with Crippen molar-refractivity contribution in [3.63, 3.8) is 0 Å². The van der Waals surface area contributed by atoms with Crippen molar-refractivity contribution in [3.05, 3.63) is 35.0 Å². The monoisotopic (exact) mass is 364 g/mol. The number of hydrogen-bond acceptors (Lipinski definition) is 3. The summed E-state index contributed by atoms with van der Waals surface area (Å²) in [6.45, 7) is 4.33. The molecular weight excluding hydrogens is 344 g/mol. The molecule has 1 aromatic heterocycles. The number of halogens is 1. The van der Waals surface area contributed by atoms with Crippen molar-refractivity contribution in [2.75, 3.05) is 6.61 Å². The highest BCUT2D eigenvalue weighted by Crippen LogP contribution is 2.43. The highest BCUT2D eigenvalue weighted by molar-refractivity contribution is 9.10. The number of carbonyl (C=O) groups excluding carboxylic acids is 1. The van der Waals surface area contributed by atoms with Gasteiger partial charge in [0.25, 0.3) is 0 Å². The molecule has 3 atom stereocenters. The highest BCUT2D eigenvalue weighted by atomic mass is 79.9. The Kier molecular flexibility index (Phi) is 4.26. The van der Waals surface area contributed by atoms with Gasteiger partial charge in [0.15, 0.2) is 0 Å². The van der Waals surface area contributed by atoms with Crippen LogP contribution in [0.2, 0.25) is 0 Å². The number of fused-ring (bicyclic) bond motifs is 2. The third kappa shape index (κ3) is 3.35. The van der Waals surface area contributed by atoms with Crippen LogP contribution in [0.15, 0.2) is 35.0 Å². The molecule has 0 spiro atoms. The molecule has 2 aliphatic carbocycles. The van der Waals surface area contributed by atoms with Crippen LogP contribution in [0.4, 0.5) is 0 Å². The molecule has 1 N–H and O–H groups in total. The molecule has 0 radical (unpaired) electrons. The van der Waals surface area contributed by atoms with Gasteiger partial charge in [-0.25, -0.2) is 4.98 Å². The van der Waals surface area contributed by atoms with Crippen LogP contribution in [0.5, 0.6) is 5.88 Å². The Balaban J connectivity index is 1.55. The second kappa shape index (κ2) is 6.03. The molecule has 2 bridgehead atoms. The van der Waals surface area contributed by atoms with Crippen molar-refractivity contribution in [3.8, 4) is 5.88 Å². The van der Waals surface area contributed by atoms with E-state index in [0.29, 0.717) is 24.3 Å². The Hall–Kier alpha value is -1.36. The summed E-state index contributed by atoms with van der Waals surface area (Å²) in [5.41, 5.74) is -0.431. The van der Waals surface area contributed by atoms with E-state index in [1.807, 2.05) is 26.0 Å². The molecule has 118 valence electrons. The van der Waals surface area contributed by atoms with Crippen LogP contribution >= 0.6 is 15.9 Å². The molecule has 3 rings (SSSR count).